The third kappa shape index (κ3) is 11.0. The summed E-state index contributed by atoms with van der Waals surface area (Å²) in [4.78, 5) is 48.4. The third-order valence-corrected chi connectivity index (χ3v) is 5.16. The van der Waals surface area contributed by atoms with Crippen LogP contribution in [0.3, 0.4) is 0 Å². The third-order valence-electron chi connectivity index (χ3n) is 4.15. The minimum Gasteiger partial charge on any atom is -0.480 e. The summed E-state index contributed by atoms with van der Waals surface area (Å²) >= 11 is 5.49. The fraction of sp³-hybridized carbons (Fsp3) is 0.765. The van der Waals surface area contributed by atoms with Crippen molar-refractivity contribution in [3.8, 4) is 0 Å². The number of nitrogens with one attached hydrogen (secondary N) is 3. The average molecular weight is 468 g/mol. The predicted molar refractivity (Wildman–Crippen MR) is 118 cm³/mol. The maximum absolute atomic E-state index is 12.6. The van der Waals surface area contributed by atoms with Crippen molar-refractivity contribution in [2.24, 2.45) is 11.5 Å². The first-order valence-corrected chi connectivity index (χ1v) is 11.5. The number of carbonyl (C=O) groups excluding carboxylic acids is 3. The largest absolute Gasteiger partial charge is 0.480 e. The van der Waals surface area contributed by atoms with Crippen LogP contribution in [0.2, 0.25) is 0 Å². The van der Waals surface area contributed by atoms with Crippen LogP contribution in [0.5, 0.6) is 0 Å². The van der Waals surface area contributed by atoms with Crippen molar-refractivity contribution in [3.05, 3.63) is 0 Å². The molecule has 4 unspecified atom stereocenters. The monoisotopic (exact) mass is 467 g/mol. The Hall–Kier alpha value is -1.54. The van der Waals surface area contributed by atoms with Crippen LogP contribution in [0.15, 0.2) is 0 Å². The molecule has 174 valence electrons. The van der Waals surface area contributed by atoms with E-state index in [1.54, 1.807) is 0 Å². The standard InChI is InChI=1S/C17H33N5O6S2/c1-30-7-5-11(15(25)21-12(17(27)28)4-2-3-6-18)20-16(26)13(9-29)22-14(24)10(19)8-23/h10-13,23,29H,2-9,18-19H2,1H3,(H,20,26)(H,21,25)(H,22,24)(H,27,28). The number of carboxylic acids is 1. The van der Waals surface area contributed by atoms with Gasteiger partial charge in [0.25, 0.3) is 0 Å². The van der Waals surface area contributed by atoms with E-state index >= 15 is 0 Å². The number of carboxylic acid groups (broad SMARTS) is 1. The molecule has 3 amide bonds. The second-order valence-corrected chi connectivity index (χ2v) is 7.91. The van der Waals surface area contributed by atoms with Crippen LogP contribution in [-0.4, -0.2) is 89.0 Å². The lowest BCUT2D eigenvalue weighted by atomic mass is 10.1. The molecule has 0 aromatic heterocycles. The Bertz CT molecular complexity index is 569. The molecule has 0 saturated carbocycles. The second kappa shape index (κ2) is 16.2. The van der Waals surface area contributed by atoms with Crippen molar-refractivity contribution >= 4 is 48.1 Å². The minimum atomic E-state index is -1.19. The molecule has 0 heterocycles. The zero-order valence-corrected chi connectivity index (χ0v) is 18.7. The number of nitrogens with two attached hydrogens (primary N) is 2. The number of amides is 3. The van der Waals surface area contributed by atoms with Gasteiger partial charge in [0.2, 0.25) is 17.7 Å². The van der Waals surface area contributed by atoms with Gasteiger partial charge in [-0.25, -0.2) is 4.79 Å². The Labute approximate surface area is 185 Å². The number of rotatable bonds is 16. The average Bonchev–Trinajstić information content (AvgIpc) is 2.72. The molecule has 4 atom stereocenters. The molecule has 0 aromatic carbocycles. The minimum absolute atomic E-state index is 0.0660. The Kier molecular flexibility index (Phi) is 15.4. The van der Waals surface area contributed by atoms with Gasteiger partial charge in [0.1, 0.15) is 24.2 Å². The highest BCUT2D eigenvalue weighted by Gasteiger charge is 2.29. The number of thioether (sulfide) groups is 1. The van der Waals surface area contributed by atoms with Crippen LogP contribution in [0.25, 0.3) is 0 Å². The molecule has 30 heavy (non-hydrogen) atoms. The Morgan fingerprint density at radius 1 is 0.967 bits per heavy atom. The first-order valence-electron chi connectivity index (χ1n) is 9.51. The number of thiol groups is 1. The molecule has 0 fully saturated rings. The van der Waals surface area contributed by atoms with Gasteiger partial charge in [0, 0.05) is 5.75 Å². The lowest BCUT2D eigenvalue weighted by Crippen LogP contribution is -2.58. The first kappa shape index (κ1) is 28.5. The lowest BCUT2D eigenvalue weighted by Gasteiger charge is -2.24. The molecular weight excluding hydrogens is 434 g/mol. The normalized spacial score (nSPS) is 14.8. The van der Waals surface area contributed by atoms with E-state index in [0.29, 0.717) is 25.1 Å². The van der Waals surface area contributed by atoms with Gasteiger partial charge >= 0.3 is 5.97 Å². The topological polar surface area (TPSA) is 197 Å². The summed E-state index contributed by atoms with van der Waals surface area (Å²) in [5.41, 5.74) is 10.8. The Balaban J connectivity index is 5.13. The molecule has 11 nitrogen and oxygen atoms in total. The maximum atomic E-state index is 12.6. The molecule has 0 aliphatic rings. The summed E-state index contributed by atoms with van der Waals surface area (Å²) in [5.74, 6) is -2.73. The first-order chi connectivity index (χ1) is 14.2. The van der Waals surface area contributed by atoms with E-state index in [1.807, 2.05) is 6.26 Å². The van der Waals surface area contributed by atoms with Crippen molar-refractivity contribution < 1.29 is 29.4 Å². The molecule has 0 rings (SSSR count). The number of aliphatic hydroxyl groups excluding tert-OH is 1. The van der Waals surface area contributed by atoms with Gasteiger partial charge in [-0.2, -0.15) is 24.4 Å². The van der Waals surface area contributed by atoms with Gasteiger partial charge in [-0.1, -0.05) is 0 Å². The smallest absolute Gasteiger partial charge is 0.326 e. The van der Waals surface area contributed by atoms with Crippen LogP contribution >= 0.6 is 24.4 Å². The SMILES string of the molecule is CSCCC(NC(=O)C(CS)NC(=O)C(N)CO)C(=O)NC(CCCCN)C(=O)O. The quantitative estimate of drug-likeness (QED) is 0.0905. The highest BCUT2D eigenvalue weighted by molar-refractivity contribution is 7.98. The van der Waals surface area contributed by atoms with E-state index in [0.717, 1.165) is 0 Å². The molecule has 9 N–H and O–H groups in total. The molecule has 0 aliphatic heterocycles. The molecule has 0 spiro atoms. The number of aliphatic hydroxyl groups is 1. The van der Waals surface area contributed by atoms with Gasteiger partial charge in [0.05, 0.1) is 6.61 Å². The zero-order valence-electron chi connectivity index (χ0n) is 17.0. The Morgan fingerprint density at radius 3 is 2.03 bits per heavy atom. The molecular formula is C17H33N5O6S2. The summed E-state index contributed by atoms with van der Waals surface area (Å²) in [5, 5.41) is 25.6. The van der Waals surface area contributed by atoms with Crippen molar-refractivity contribution in [3.63, 3.8) is 0 Å². The van der Waals surface area contributed by atoms with Crippen molar-refractivity contribution in [2.45, 2.75) is 49.9 Å². The highest BCUT2D eigenvalue weighted by atomic mass is 32.2. The van der Waals surface area contributed by atoms with Crippen LogP contribution in [0.1, 0.15) is 25.7 Å². The van der Waals surface area contributed by atoms with E-state index in [-0.39, 0.29) is 18.6 Å². The van der Waals surface area contributed by atoms with Gasteiger partial charge in [-0.05, 0) is 44.2 Å². The van der Waals surface area contributed by atoms with E-state index in [4.69, 9.17) is 16.6 Å². The maximum Gasteiger partial charge on any atom is 0.326 e. The summed E-state index contributed by atoms with van der Waals surface area (Å²) in [6.45, 7) is -0.171. The van der Waals surface area contributed by atoms with Crippen LogP contribution < -0.4 is 27.4 Å². The van der Waals surface area contributed by atoms with Crippen molar-refractivity contribution in [1.82, 2.24) is 16.0 Å². The number of unbranched alkanes of at least 4 members (excludes halogenated alkanes) is 1. The summed E-state index contributed by atoms with van der Waals surface area (Å²) < 4.78 is 0. The Morgan fingerprint density at radius 2 is 1.53 bits per heavy atom. The lowest BCUT2D eigenvalue weighted by molar-refractivity contribution is -0.142. The summed E-state index contributed by atoms with van der Waals surface area (Å²) in [6, 6.07) is -4.36. The van der Waals surface area contributed by atoms with Gasteiger partial charge in [0.15, 0.2) is 0 Å². The van der Waals surface area contributed by atoms with Crippen molar-refractivity contribution in [1.29, 1.82) is 0 Å². The molecule has 13 heteroatoms. The van der Waals surface area contributed by atoms with E-state index < -0.39 is 54.5 Å². The summed E-state index contributed by atoms with van der Waals surface area (Å²) in [6.07, 6.45) is 3.48. The molecule has 0 saturated heterocycles. The second-order valence-electron chi connectivity index (χ2n) is 6.56. The van der Waals surface area contributed by atoms with Gasteiger partial charge < -0.3 is 37.6 Å². The highest BCUT2D eigenvalue weighted by Crippen LogP contribution is 2.06. The van der Waals surface area contributed by atoms with E-state index in [9.17, 15) is 24.3 Å². The van der Waals surface area contributed by atoms with Gasteiger partial charge in [-0.15, -0.1) is 0 Å². The number of hydrogen-bond donors (Lipinski definition) is 8. The van der Waals surface area contributed by atoms with Crippen LogP contribution in [0, 0.1) is 0 Å². The molecule has 0 aromatic rings. The van der Waals surface area contributed by atoms with Gasteiger partial charge in [-0.3, -0.25) is 14.4 Å². The number of aliphatic carboxylic acids is 1. The summed E-state index contributed by atoms with van der Waals surface area (Å²) in [7, 11) is 0. The molecule has 0 radical (unpaired) electrons. The fourth-order valence-electron chi connectivity index (χ4n) is 2.36. The number of hydrogen-bond acceptors (Lipinski definition) is 9. The van der Waals surface area contributed by atoms with Crippen LogP contribution in [0.4, 0.5) is 0 Å². The molecule has 0 bridgehead atoms. The fourth-order valence-corrected chi connectivity index (χ4v) is 3.08. The number of carbonyl (C=O) groups is 4. The van der Waals surface area contributed by atoms with Crippen LogP contribution in [-0.2, 0) is 19.2 Å². The predicted octanol–water partition coefficient (Wildman–Crippen LogP) is -2.34. The zero-order chi connectivity index (χ0) is 23.1. The van der Waals surface area contributed by atoms with E-state index in [2.05, 4.69) is 28.6 Å². The van der Waals surface area contributed by atoms with Crippen molar-refractivity contribution in [2.75, 3.05) is 30.9 Å². The van der Waals surface area contributed by atoms with E-state index in [1.165, 1.54) is 11.8 Å². The molecule has 0 aliphatic carbocycles.